The van der Waals surface area contributed by atoms with Crippen LogP contribution in [0.15, 0.2) is 42.5 Å². The molecule has 0 unspecified atom stereocenters. The van der Waals surface area contributed by atoms with E-state index in [0.29, 0.717) is 25.8 Å². The molecule has 70 heavy (non-hydrogen) atoms. The van der Waals surface area contributed by atoms with E-state index in [1.54, 1.807) is 75.7 Å². The summed E-state index contributed by atoms with van der Waals surface area (Å²) in [4.78, 5) is 109. The largest absolute Gasteiger partial charge is 0.480 e. The molecule has 8 atom stereocenters. The Labute approximate surface area is 412 Å². The molecule has 0 spiro atoms. The summed E-state index contributed by atoms with van der Waals surface area (Å²) in [6.45, 7) is 14.1. The minimum absolute atomic E-state index is 0.0350. The van der Waals surface area contributed by atoms with Crippen molar-refractivity contribution in [1.29, 1.82) is 0 Å². The molecule has 20 heteroatoms. The number of carbonyl (C=O) groups excluding carboxylic acids is 7. The van der Waals surface area contributed by atoms with Crippen molar-refractivity contribution < 1.29 is 67.1 Å². The lowest BCUT2D eigenvalue weighted by Gasteiger charge is -2.41. The zero-order valence-electron chi connectivity index (χ0n) is 42.7. The molecule has 1 aromatic rings. The molecular weight excluding hydrogens is 909 g/mol. The van der Waals surface area contributed by atoms with Crippen LogP contribution in [0.5, 0.6) is 0 Å². The highest BCUT2D eigenvalue weighted by atomic mass is 16.5. The fourth-order valence-corrected chi connectivity index (χ4v) is 8.70. The molecule has 0 aromatic heterocycles. The van der Waals surface area contributed by atoms with Gasteiger partial charge in [0.2, 0.25) is 29.5 Å². The van der Waals surface area contributed by atoms with Crippen LogP contribution in [0.2, 0.25) is 0 Å². The number of carbonyl (C=O) groups is 8. The standard InChI is InChI=1S/C50H78N6O14/c1-11-33(4)44(38(66-9)31-42(60)55-22-15-18-37(55)45(67-10)34(5)46(61)51-36(48(63)64)30-35-16-13-12-14-17-35)54(8)47(62)43(32(2)3)52-49(65)50(6,7)53-39(57)21-24-68-26-28-70-29-27-69-25-23-56-40(58)19-20-41(56)59/h12-14,16-17,19-20,32-34,36-38,43-45H,11,15,18,21-31H2,1-10H3,(H,51,61)(H,52,65)(H,53,57)(H,63,64)/t33-,34+,36-,37-,38+,43-,44-,45+/m0/s1. The van der Waals surface area contributed by atoms with Crippen molar-refractivity contribution in [2.45, 2.75) is 129 Å². The van der Waals surface area contributed by atoms with Crippen molar-refractivity contribution in [2.24, 2.45) is 17.8 Å². The number of rotatable bonds is 32. The van der Waals surface area contributed by atoms with E-state index in [1.807, 2.05) is 19.9 Å². The number of nitrogens with zero attached hydrogens (tertiary/aromatic N) is 3. The molecule has 3 rings (SSSR count). The first-order valence-electron chi connectivity index (χ1n) is 24.3. The van der Waals surface area contributed by atoms with Gasteiger partial charge >= 0.3 is 5.97 Å². The second kappa shape index (κ2) is 29.2. The van der Waals surface area contributed by atoms with Crippen molar-refractivity contribution >= 4 is 47.3 Å². The highest BCUT2D eigenvalue weighted by molar-refractivity contribution is 6.12. The lowest BCUT2D eigenvalue weighted by Crippen LogP contribution is -2.62. The summed E-state index contributed by atoms with van der Waals surface area (Å²) in [5.74, 6) is -5.37. The van der Waals surface area contributed by atoms with Gasteiger partial charge in [-0.2, -0.15) is 0 Å². The van der Waals surface area contributed by atoms with Gasteiger partial charge in [-0.3, -0.25) is 38.5 Å². The summed E-state index contributed by atoms with van der Waals surface area (Å²) in [6, 6.07) is 5.77. The fourth-order valence-electron chi connectivity index (χ4n) is 8.70. The average Bonchev–Trinajstić information content (AvgIpc) is 3.94. The first-order valence-corrected chi connectivity index (χ1v) is 24.3. The Morgan fingerprint density at radius 2 is 1.46 bits per heavy atom. The number of likely N-dealkylation sites (tertiary alicyclic amines) is 1. The number of aliphatic carboxylic acids is 1. The molecule has 0 radical (unpaired) electrons. The smallest absolute Gasteiger partial charge is 0.326 e. The van der Waals surface area contributed by atoms with Crippen molar-refractivity contribution in [3.63, 3.8) is 0 Å². The highest BCUT2D eigenvalue weighted by Crippen LogP contribution is 2.30. The monoisotopic (exact) mass is 987 g/mol. The molecule has 20 nitrogen and oxygen atoms in total. The Balaban J connectivity index is 1.55. The third-order valence-electron chi connectivity index (χ3n) is 13.0. The summed E-state index contributed by atoms with van der Waals surface area (Å²) < 4.78 is 28.3. The summed E-state index contributed by atoms with van der Waals surface area (Å²) in [5, 5.41) is 18.2. The Bertz CT molecular complexity index is 1910. The van der Waals surface area contributed by atoms with Crippen molar-refractivity contribution in [3.8, 4) is 0 Å². The second-order valence-electron chi connectivity index (χ2n) is 18.8. The van der Waals surface area contributed by atoms with Crippen LogP contribution in [-0.2, 0) is 68.5 Å². The third-order valence-corrected chi connectivity index (χ3v) is 13.0. The Morgan fingerprint density at radius 3 is 2.01 bits per heavy atom. The van der Waals surface area contributed by atoms with Crippen LogP contribution in [0.4, 0.5) is 0 Å². The van der Waals surface area contributed by atoms with Gasteiger partial charge in [0.15, 0.2) is 0 Å². The zero-order chi connectivity index (χ0) is 52.1. The van der Waals surface area contributed by atoms with Gasteiger partial charge in [-0.25, -0.2) is 4.79 Å². The molecule has 2 aliphatic heterocycles. The number of amides is 7. The van der Waals surface area contributed by atoms with Gasteiger partial charge in [-0.05, 0) is 44.1 Å². The Hall–Kier alpha value is -5.28. The molecular formula is C50H78N6O14. The lowest BCUT2D eigenvalue weighted by molar-refractivity contribution is -0.148. The van der Waals surface area contributed by atoms with E-state index >= 15 is 0 Å². The Morgan fingerprint density at radius 1 is 0.857 bits per heavy atom. The molecule has 0 aliphatic carbocycles. The maximum absolute atomic E-state index is 14.4. The van der Waals surface area contributed by atoms with E-state index < -0.39 is 77.4 Å². The van der Waals surface area contributed by atoms with Crippen LogP contribution in [0, 0.1) is 17.8 Å². The number of likely N-dealkylation sites (N-methyl/N-ethyl adjacent to an activating group) is 1. The topological polar surface area (TPSA) is 249 Å². The van der Waals surface area contributed by atoms with E-state index in [4.69, 9.17) is 23.7 Å². The van der Waals surface area contributed by atoms with Crippen molar-refractivity contribution in [3.05, 3.63) is 48.0 Å². The molecule has 2 aliphatic rings. The number of methoxy groups -OCH3 is 2. The lowest BCUT2D eigenvalue weighted by atomic mass is 9.89. The normalized spacial score (nSPS) is 18.0. The number of nitrogens with one attached hydrogen (secondary N) is 3. The third kappa shape index (κ3) is 17.5. The number of hydrogen-bond donors (Lipinski definition) is 4. The predicted molar refractivity (Wildman–Crippen MR) is 258 cm³/mol. The summed E-state index contributed by atoms with van der Waals surface area (Å²) in [6.07, 6.45) is 2.76. The molecule has 1 aromatic carbocycles. The number of carboxylic acid groups (broad SMARTS) is 1. The number of carboxylic acids is 1. The van der Waals surface area contributed by atoms with E-state index in [0.717, 1.165) is 10.5 Å². The summed E-state index contributed by atoms with van der Waals surface area (Å²) in [5.41, 5.74) is -0.644. The van der Waals surface area contributed by atoms with E-state index in [-0.39, 0.29) is 95.0 Å². The van der Waals surface area contributed by atoms with Gasteiger partial charge in [0.1, 0.15) is 17.6 Å². The van der Waals surface area contributed by atoms with Gasteiger partial charge in [-0.1, -0.05) is 71.4 Å². The second-order valence-corrected chi connectivity index (χ2v) is 18.8. The highest BCUT2D eigenvalue weighted by Gasteiger charge is 2.44. The number of ether oxygens (including phenoxy) is 5. The van der Waals surface area contributed by atoms with Gasteiger partial charge in [0.25, 0.3) is 11.8 Å². The fraction of sp³-hybridized carbons (Fsp3) is 0.680. The quantitative estimate of drug-likeness (QED) is 0.0597. The van der Waals surface area contributed by atoms with E-state index in [2.05, 4.69) is 16.0 Å². The van der Waals surface area contributed by atoms with Crippen LogP contribution in [0.1, 0.15) is 86.1 Å². The average molecular weight is 987 g/mol. The summed E-state index contributed by atoms with van der Waals surface area (Å²) >= 11 is 0. The minimum Gasteiger partial charge on any atom is -0.480 e. The number of hydrogen-bond acceptors (Lipinski definition) is 13. The van der Waals surface area contributed by atoms with E-state index in [1.165, 1.54) is 26.4 Å². The molecule has 1 fully saturated rings. The number of imide groups is 1. The molecule has 2 heterocycles. The first-order chi connectivity index (χ1) is 33.2. The van der Waals surface area contributed by atoms with Crippen molar-refractivity contribution in [1.82, 2.24) is 30.7 Å². The molecule has 4 N–H and O–H groups in total. The summed E-state index contributed by atoms with van der Waals surface area (Å²) in [7, 11) is 4.59. The van der Waals surface area contributed by atoms with Gasteiger partial charge in [0, 0.05) is 52.8 Å². The first kappa shape index (κ1) is 59.0. The van der Waals surface area contributed by atoms with Crippen LogP contribution in [-0.4, -0.2) is 183 Å². The SMILES string of the molecule is CC[C@H](C)[C@@H]([C@@H](CC(=O)N1CCC[C@H]1[C@H](OC)[C@@H](C)C(=O)N[C@@H](Cc1ccccc1)C(=O)O)OC)N(C)C(=O)[C@@H](NC(=O)C(C)(C)NC(=O)CCOCCOCCOCCN1C(=O)C=CC1=O)C(C)C. The number of benzene rings is 1. The predicted octanol–water partition coefficient (Wildman–Crippen LogP) is 2.12. The van der Waals surface area contributed by atoms with Crippen LogP contribution < -0.4 is 16.0 Å². The van der Waals surface area contributed by atoms with Crippen LogP contribution in [0.25, 0.3) is 0 Å². The van der Waals surface area contributed by atoms with Gasteiger partial charge in [0.05, 0.1) is 82.8 Å². The maximum Gasteiger partial charge on any atom is 0.326 e. The Kier molecular flexibility index (Phi) is 24.6. The molecule has 392 valence electrons. The molecule has 7 amide bonds. The zero-order valence-corrected chi connectivity index (χ0v) is 42.7. The molecule has 1 saturated heterocycles. The van der Waals surface area contributed by atoms with Gasteiger partial charge in [-0.15, -0.1) is 0 Å². The van der Waals surface area contributed by atoms with Crippen molar-refractivity contribution in [2.75, 3.05) is 74.0 Å². The maximum atomic E-state index is 14.4. The minimum atomic E-state index is -1.40. The van der Waals surface area contributed by atoms with Crippen LogP contribution >= 0.6 is 0 Å². The van der Waals surface area contributed by atoms with Gasteiger partial charge < -0.3 is 54.5 Å². The molecule has 0 saturated carbocycles. The molecule has 0 bridgehead atoms. The van der Waals surface area contributed by atoms with E-state index in [9.17, 15) is 43.5 Å². The van der Waals surface area contributed by atoms with Crippen LogP contribution in [0.3, 0.4) is 0 Å².